The molecule has 0 radical (unpaired) electrons. The predicted molar refractivity (Wildman–Crippen MR) is 87.1 cm³/mol. The lowest BCUT2D eigenvalue weighted by Gasteiger charge is -2.16. The van der Waals surface area contributed by atoms with E-state index in [9.17, 15) is 0 Å². The van der Waals surface area contributed by atoms with E-state index in [0.717, 1.165) is 34.9 Å². The molecule has 0 unspecified atom stereocenters. The molecule has 1 heterocycles. The summed E-state index contributed by atoms with van der Waals surface area (Å²) in [6, 6.07) is 8.21. The molecule has 1 N–H and O–H groups in total. The third-order valence-electron chi connectivity index (χ3n) is 2.89. The topological polar surface area (TPSA) is 28.2 Å². The van der Waals surface area contributed by atoms with Crippen LogP contribution in [0.25, 0.3) is 0 Å². The van der Waals surface area contributed by atoms with Crippen molar-refractivity contribution in [1.82, 2.24) is 4.98 Å². The van der Waals surface area contributed by atoms with Crippen molar-refractivity contribution >= 4 is 38.1 Å². The monoisotopic (exact) mass is 339 g/mol. The Morgan fingerprint density at radius 3 is 2.53 bits per heavy atom. The predicted octanol–water partition coefficient (Wildman–Crippen LogP) is 4.36. The van der Waals surface area contributed by atoms with Gasteiger partial charge in [-0.2, -0.15) is 0 Å². The largest absolute Gasteiger partial charge is 0.380 e. The number of benzene rings is 1. The molecule has 5 heteroatoms. The highest BCUT2D eigenvalue weighted by atomic mass is 79.9. The van der Waals surface area contributed by atoms with Crippen molar-refractivity contribution in [3.8, 4) is 0 Å². The molecule has 1 aromatic carbocycles. The smallest absolute Gasteiger partial charge is 0.185 e. The molecule has 0 fully saturated rings. The maximum atomic E-state index is 4.48. The first-order valence-corrected chi connectivity index (χ1v) is 8.03. The summed E-state index contributed by atoms with van der Waals surface area (Å²) in [4.78, 5) is 8.01. The van der Waals surface area contributed by atoms with Crippen LogP contribution >= 0.6 is 27.3 Å². The minimum absolute atomic E-state index is 0.820. The van der Waals surface area contributed by atoms with Crippen LogP contribution in [0, 0.1) is 0 Å². The zero-order valence-electron chi connectivity index (χ0n) is 11.2. The zero-order chi connectivity index (χ0) is 13.7. The van der Waals surface area contributed by atoms with E-state index in [1.165, 1.54) is 4.88 Å². The second kappa shape index (κ2) is 6.91. The quantitative estimate of drug-likeness (QED) is 0.847. The first-order chi connectivity index (χ1) is 9.22. The summed E-state index contributed by atoms with van der Waals surface area (Å²) in [6.07, 6.45) is 1.96. The van der Waals surface area contributed by atoms with Crippen LogP contribution in [0.3, 0.4) is 0 Å². The van der Waals surface area contributed by atoms with Crippen LogP contribution in [0.5, 0.6) is 0 Å². The van der Waals surface area contributed by atoms with Crippen molar-refractivity contribution in [3.63, 3.8) is 0 Å². The molecule has 19 heavy (non-hydrogen) atoms. The van der Waals surface area contributed by atoms with Crippen LogP contribution in [-0.2, 0) is 6.54 Å². The molecule has 102 valence electrons. The van der Waals surface area contributed by atoms with E-state index >= 15 is 0 Å². The number of nitrogens with one attached hydrogen (secondary N) is 1. The Labute approximate surface area is 126 Å². The number of hydrogen-bond donors (Lipinski definition) is 1. The summed E-state index contributed by atoms with van der Waals surface area (Å²) in [5.41, 5.74) is 1.13. The Kier molecular flexibility index (Phi) is 5.22. The van der Waals surface area contributed by atoms with Crippen LogP contribution in [-0.4, -0.2) is 18.1 Å². The van der Waals surface area contributed by atoms with E-state index in [0.29, 0.717) is 0 Å². The molecule has 0 aliphatic carbocycles. The molecule has 0 saturated heterocycles. The summed E-state index contributed by atoms with van der Waals surface area (Å²) in [5.74, 6) is 0. The summed E-state index contributed by atoms with van der Waals surface area (Å²) in [7, 11) is 0. The number of anilines is 2. The zero-order valence-corrected chi connectivity index (χ0v) is 13.6. The minimum atomic E-state index is 0.820. The van der Waals surface area contributed by atoms with Gasteiger partial charge in [0.15, 0.2) is 5.13 Å². The fourth-order valence-electron chi connectivity index (χ4n) is 1.78. The molecule has 3 nitrogen and oxygen atoms in total. The Bertz CT molecular complexity index is 506. The highest BCUT2D eigenvalue weighted by Crippen LogP contribution is 2.23. The van der Waals surface area contributed by atoms with Gasteiger partial charge in [-0.1, -0.05) is 15.9 Å². The van der Waals surface area contributed by atoms with Gasteiger partial charge in [-0.15, -0.1) is 11.3 Å². The maximum Gasteiger partial charge on any atom is 0.185 e. The average Bonchev–Trinajstić information content (AvgIpc) is 2.88. The van der Waals surface area contributed by atoms with E-state index in [4.69, 9.17) is 0 Å². The molecule has 0 amide bonds. The van der Waals surface area contributed by atoms with Gasteiger partial charge in [0.05, 0.1) is 6.54 Å². The summed E-state index contributed by atoms with van der Waals surface area (Å²) in [5, 5.41) is 4.52. The molecule has 2 rings (SSSR count). The lowest BCUT2D eigenvalue weighted by Crippen LogP contribution is -2.21. The Morgan fingerprint density at radius 2 is 1.89 bits per heavy atom. The molecule has 0 spiro atoms. The molecular formula is C14H18BrN3S. The van der Waals surface area contributed by atoms with E-state index in [-0.39, 0.29) is 0 Å². The molecule has 0 aliphatic rings. The Balaban J connectivity index is 1.95. The van der Waals surface area contributed by atoms with Gasteiger partial charge in [0.1, 0.15) is 0 Å². The van der Waals surface area contributed by atoms with Gasteiger partial charge < -0.3 is 10.2 Å². The van der Waals surface area contributed by atoms with E-state index in [2.05, 4.69) is 57.1 Å². The average molecular weight is 340 g/mol. The van der Waals surface area contributed by atoms with Crippen molar-refractivity contribution in [1.29, 1.82) is 0 Å². The SMILES string of the molecule is CCN(CC)c1ncc(CNc2ccc(Br)cc2)s1. The highest BCUT2D eigenvalue weighted by molar-refractivity contribution is 9.10. The number of hydrogen-bond acceptors (Lipinski definition) is 4. The lowest BCUT2D eigenvalue weighted by molar-refractivity contribution is 0.860. The first kappa shape index (κ1) is 14.3. The van der Waals surface area contributed by atoms with E-state index < -0.39 is 0 Å². The van der Waals surface area contributed by atoms with E-state index in [1.807, 2.05) is 18.3 Å². The summed E-state index contributed by atoms with van der Waals surface area (Å²) in [6.45, 7) is 7.14. The number of nitrogens with zero attached hydrogens (tertiary/aromatic N) is 2. The molecule has 1 aromatic heterocycles. The van der Waals surface area contributed by atoms with Crippen LogP contribution in [0.1, 0.15) is 18.7 Å². The number of aromatic nitrogens is 1. The van der Waals surface area contributed by atoms with Crippen molar-refractivity contribution in [2.24, 2.45) is 0 Å². The van der Waals surface area contributed by atoms with Crippen molar-refractivity contribution < 1.29 is 0 Å². The highest BCUT2D eigenvalue weighted by Gasteiger charge is 2.07. The summed E-state index contributed by atoms with van der Waals surface area (Å²) >= 11 is 5.19. The van der Waals surface area contributed by atoms with Gasteiger partial charge in [0, 0.05) is 34.3 Å². The van der Waals surface area contributed by atoms with Crippen molar-refractivity contribution in [3.05, 3.63) is 39.8 Å². The molecule has 2 aromatic rings. The van der Waals surface area contributed by atoms with Gasteiger partial charge in [0.2, 0.25) is 0 Å². The van der Waals surface area contributed by atoms with E-state index in [1.54, 1.807) is 11.3 Å². The maximum absolute atomic E-state index is 4.48. The van der Waals surface area contributed by atoms with Crippen molar-refractivity contribution in [2.75, 3.05) is 23.3 Å². The molecular weight excluding hydrogens is 322 g/mol. The van der Waals surface area contributed by atoms with Crippen molar-refractivity contribution in [2.45, 2.75) is 20.4 Å². The fraction of sp³-hybridized carbons (Fsp3) is 0.357. The molecule has 0 atom stereocenters. The molecule has 0 saturated carbocycles. The number of thiazole rings is 1. The Hall–Kier alpha value is -1.07. The van der Waals surface area contributed by atoms with Gasteiger partial charge >= 0.3 is 0 Å². The lowest BCUT2D eigenvalue weighted by atomic mass is 10.3. The summed E-state index contributed by atoms with van der Waals surface area (Å²) < 4.78 is 1.10. The third-order valence-corrected chi connectivity index (χ3v) is 4.47. The Morgan fingerprint density at radius 1 is 1.21 bits per heavy atom. The minimum Gasteiger partial charge on any atom is -0.380 e. The van der Waals surface area contributed by atoms with Gasteiger partial charge in [0.25, 0.3) is 0 Å². The van der Waals surface area contributed by atoms with Crippen LogP contribution in [0.4, 0.5) is 10.8 Å². The normalized spacial score (nSPS) is 10.5. The van der Waals surface area contributed by atoms with Gasteiger partial charge in [-0.05, 0) is 38.1 Å². The second-order valence-electron chi connectivity index (χ2n) is 4.14. The van der Waals surface area contributed by atoms with Crippen LogP contribution < -0.4 is 10.2 Å². The first-order valence-electron chi connectivity index (χ1n) is 6.42. The van der Waals surface area contributed by atoms with Gasteiger partial charge in [-0.3, -0.25) is 0 Å². The molecule has 0 aliphatic heterocycles. The molecule has 0 bridgehead atoms. The van der Waals surface area contributed by atoms with Gasteiger partial charge in [-0.25, -0.2) is 4.98 Å². The van der Waals surface area contributed by atoms with Crippen LogP contribution in [0.15, 0.2) is 34.9 Å². The second-order valence-corrected chi connectivity index (χ2v) is 6.15. The third kappa shape index (κ3) is 3.94. The number of rotatable bonds is 6. The standard InChI is InChI=1S/C14H18BrN3S/c1-3-18(4-2)14-17-10-13(19-14)9-16-12-7-5-11(15)6-8-12/h5-8,10,16H,3-4,9H2,1-2H3. The number of halogens is 1. The van der Waals surface area contributed by atoms with Crippen LogP contribution in [0.2, 0.25) is 0 Å². The fourth-order valence-corrected chi connectivity index (χ4v) is 3.02.